The lowest BCUT2D eigenvalue weighted by molar-refractivity contribution is -0.118. The fourth-order valence-corrected chi connectivity index (χ4v) is 2.26. The van der Waals surface area contributed by atoms with Crippen molar-refractivity contribution in [1.29, 1.82) is 0 Å². The second kappa shape index (κ2) is 6.89. The molecule has 2 aromatic rings. The van der Waals surface area contributed by atoms with Crippen molar-refractivity contribution < 1.29 is 4.79 Å². The highest BCUT2D eigenvalue weighted by atomic mass is 16.1. The Balaban J connectivity index is 2.17. The maximum Gasteiger partial charge on any atom is 0.222 e. The minimum absolute atomic E-state index is 0.0556. The number of benzene rings is 1. The largest absolute Gasteiger partial charge is 0.368 e. The van der Waals surface area contributed by atoms with Crippen LogP contribution in [0, 0.1) is 13.8 Å². The standard InChI is InChI=1S/C16H21N5O/c1-10-6-11(2)8-13(7-10)14-9-15(21-16(17)20-14)19-5-4-18-12(3)22/h6-9H,4-5H2,1-3H3,(H,18,22)(H3,17,19,20,21). The van der Waals surface area contributed by atoms with E-state index in [1.54, 1.807) is 0 Å². The molecule has 1 aromatic heterocycles. The summed E-state index contributed by atoms with van der Waals surface area (Å²) in [5.74, 6) is 0.811. The molecule has 0 aliphatic rings. The lowest BCUT2D eigenvalue weighted by Gasteiger charge is -2.10. The Bertz CT molecular complexity index is 664. The summed E-state index contributed by atoms with van der Waals surface area (Å²) in [6.45, 7) is 6.68. The van der Waals surface area contributed by atoms with Gasteiger partial charge in [-0.3, -0.25) is 4.79 Å². The highest BCUT2D eigenvalue weighted by Crippen LogP contribution is 2.23. The second-order valence-corrected chi connectivity index (χ2v) is 5.28. The van der Waals surface area contributed by atoms with Crippen LogP contribution in [0.1, 0.15) is 18.1 Å². The van der Waals surface area contributed by atoms with E-state index < -0.39 is 0 Å². The van der Waals surface area contributed by atoms with Gasteiger partial charge in [0.25, 0.3) is 0 Å². The van der Waals surface area contributed by atoms with Gasteiger partial charge in [0, 0.05) is 31.6 Å². The Morgan fingerprint density at radius 3 is 2.41 bits per heavy atom. The quantitative estimate of drug-likeness (QED) is 0.733. The van der Waals surface area contributed by atoms with E-state index in [1.807, 2.05) is 19.9 Å². The van der Waals surface area contributed by atoms with Crippen LogP contribution in [-0.4, -0.2) is 29.0 Å². The first-order valence-corrected chi connectivity index (χ1v) is 7.15. The maximum absolute atomic E-state index is 10.8. The van der Waals surface area contributed by atoms with Crippen molar-refractivity contribution in [3.05, 3.63) is 35.4 Å². The Hall–Kier alpha value is -2.63. The number of hydrogen-bond acceptors (Lipinski definition) is 5. The molecule has 0 saturated carbocycles. The Morgan fingerprint density at radius 1 is 1.09 bits per heavy atom. The molecule has 0 radical (unpaired) electrons. The minimum Gasteiger partial charge on any atom is -0.368 e. The number of amides is 1. The van der Waals surface area contributed by atoms with Gasteiger partial charge < -0.3 is 16.4 Å². The van der Waals surface area contributed by atoms with Crippen molar-refractivity contribution in [2.75, 3.05) is 24.1 Å². The van der Waals surface area contributed by atoms with Crippen LogP contribution in [0.3, 0.4) is 0 Å². The summed E-state index contributed by atoms with van der Waals surface area (Å²) >= 11 is 0. The van der Waals surface area contributed by atoms with E-state index in [1.165, 1.54) is 18.1 Å². The lowest BCUT2D eigenvalue weighted by Crippen LogP contribution is -2.26. The molecule has 2 rings (SSSR count). The van der Waals surface area contributed by atoms with Crippen LogP contribution in [0.15, 0.2) is 24.3 Å². The molecule has 1 heterocycles. The minimum atomic E-state index is -0.0556. The number of aromatic nitrogens is 2. The first kappa shape index (κ1) is 15.8. The highest BCUT2D eigenvalue weighted by molar-refractivity contribution is 5.72. The van der Waals surface area contributed by atoms with E-state index in [0.29, 0.717) is 18.9 Å². The van der Waals surface area contributed by atoms with Crippen LogP contribution in [0.25, 0.3) is 11.3 Å². The van der Waals surface area contributed by atoms with Gasteiger partial charge in [-0.25, -0.2) is 4.98 Å². The number of hydrogen-bond donors (Lipinski definition) is 3. The van der Waals surface area contributed by atoms with E-state index in [9.17, 15) is 4.79 Å². The van der Waals surface area contributed by atoms with Gasteiger partial charge in [0.05, 0.1) is 5.69 Å². The van der Waals surface area contributed by atoms with Gasteiger partial charge in [-0.1, -0.05) is 17.2 Å². The van der Waals surface area contributed by atoms with Gasteiger partial charge in [0.15, 0.2) is 0 Å². The van der Waals surface area contributed by atoms with Crippen molar-refractivity contribution in [3.63, 3.8) is 0 Å². The summed E-state index contributed by atoms with van der Waals surface area (Å²) in [4.78, 5) is 19.3. The molecule has 0 aliphatic carbocycles. The van der Waals surface area contributed by atoms with E-state index in [2.05, 4.69) is 38.8 Å². The fraction of sp³-hybridized carbons (Fsp3) is 0.312. The fourth-order valence-electron chi connectivity index (χ4n) is 2.26. The number of carbonyl (C=O) groups excluding carboxylic acids is 1. The third-order valence-electron chi connectivity index (χ3n) is 3.07. The van der Waals surface area contributed by atoms with Crippen LogP contribution < -0.4 is 16.4 Å². The number of nitrogens with zero attached hydrogens (tertiary/aromatic N) is 2. The van der Waals surface area contributed by atoms with Crippen LogP contribution in [0.5, 0.6) is 0 Å². The molecule has 116 valence electrons. The zero-order valence-electron chi connectivity index (χ0n) is 13.1. The van der Waals surface area contributed by atoms with Crippen LogP contribution in [0.2, 0.25) is 0 Å². The molecule has 0 spiro atoms. The Labute approximate surface area is 130 Å². The first-order valence-electron chi connectivity index (χ1n) is 7.15. The zero-order chi connectivity index (χ0) is 16.1. The molecule has 0 unspecified atom stereocenters. The van der Waals surface area contributed by atoms with Crippen molar-refractivity contribution in [2.45, 2.75) is 20.8 Å². The zero-order valence-corrected chi connectivity index (χ0v) is 13.1. The van der Waals surface area contributed by atoms with Crippen LogP contribution in [0.4, 0.5) is 11.8 Å². The van der Waals surface area contributed by atoms with E-state index in [0.717, 1.165) is 11.3 Å². The van der Waals surface area contributed by atoms with Gasteiger partial charge in [-0.05, 0) is 26.0 Å². The molecular formula is C16H21N5O. The molecule has 1 amide bonds. The normalized spacial score (nSPS) is 10.3. The van der Waals surface area contributed by atoms with Gasteiger partial charge in [-0.2, -0.15) is 4.98 Å². The lowest BCUT2D eigenvalue weighted by atomic mass is 10.0. The molecule has 6 nitrogen and oxygen atoms in total. The highest BCUT2D eigenvalue weighted by Gasteiger charge is 2.06. The van der Waals surface area contributed by atoms with Crippen molar-refractivity contribution in [2.24, 2.45) is 0 Å². The monoisotopic (exact) mass is 299 g/mol. The molecule has 1 aromatic carbocycles. The van der Waals surface area contributed by atoms with Crippen molar-refractivity contribution in [3.8, 4) is 11.3 Å². The number of carbonyl (C=O) groups is 1. The van der Waals surface area contributed by atoms with Gasteiger partial charge in [0.1, 0.15) is 5.82 Å². The number of nitrogens with one attached hydrogen (secondary N) is 2. The smallest absolute Gasteiger partial charge is 0.222 e. The molecule has 0 saturated heterocycles. The molecule has 0 fully saturated rings. The maximum atomic E-state index is 10.8. The van der Waals surface area contributed by atoms with Crippen molar-refractivity contribution in [1.82, 2.24) is 15.3 Å². The third-order valence-corrected chi connectivity index (χ3v) is 3.07. The summed E-state index contributed by atoms with van der Waals surface area (Å²) in [5, 5.41) is 5.85. The predicted octanol–water partition coefficient (Wildman–Crippen LogP) is 1.89. The summed E-state index contributed by atoms with van der Waals surface area (Å²) in [5.41, 5.74) is 9.93. The SMILES string of the molecule is CC(=O)NCCNc1cc(-c2cc(C)cc(C)c2)nc(N)n1. The molecular weight excluding hydrogens is 278 g/mol. The number of anilines is 2. The average molecular weight is 299 g/mol. The van der Waals surface area contributed by atoms with Crippen molar-refractivity contribution >= 4 is 17.7 Å². The number of nitrogen functional groups attached to an aromatic ring is 1. The Morgan fingerprint density at radius 2 is 1.77 bits per heavy atom. The van der Waals surface area contributed by atoms with E-state index in [-0.39, 0.29) is 11.9 Å². The predicted molar refractivity (Wildman–Crippen MR) is 88.5 cm³/mol. The molecule has 0 atom stereocenters. The molecule has 0 aliphatic heterocycles. The Kier molecular flexibility index (Phi) is 4.93. The summed E-state index contributed by atoms with van der Waals surface area (Å²) < 4.78 is 0. The number of nitrogens with two attached hydrogens (primary N) is 1. The van der Waals surface area contributed by atoms with Crippen LogP contribution in [-0.2, 0) is 4.79 Å². The average Bonchev–Trinajstić information content (AvgIpc) is 2.42. The third kappa shape index (κ3) is 4.44. The molecule has 6 heteroatoms. The number of rotatable bonds is 5. The van der Waals surface area contributed by atoms with Gasteiger partial charge in [-0.15, -0.1) is 0 Å². The van der Waals surface area contributed by atoms with Gasteiger partial charge >= 0.3 is 0 Å². The molecule has 4 N–H and O–H groups in total. The first-order chi connectivity index (χ1) is 10.4. The number of aryl methyl sites for hydroxylation is 2. The topological polar surface area (TPSA) is 92.9 Å². The molecule has 0 bridgehead atoms. The summed E-state index contributed by atoms with van der Waals surface area (Å²) in [6.07, 6.45) is 0. The second-order valence-electron chi connectivity index (χ2n) is 5.28. The van der Waals surface area contributed by atoms with E-state index in [4.69, 9.17) is 5.73 Å². The van der Waals surface area contributed by atoms with Gasteiger partial charge in [0.2, 0.25) is 11.9 Å². The molecule has 22 heavy (non-hydrogen) atoms. The van der Waals surface area contributed by atoms with E-state index >= 15 is 0 Å². The summed E-state index contributed by atoms with van der Waals surface area (Å²) in [7, 11) is 0. The van der Waals surface area contributed by atoms with Crippen LogP contribution >= 0.6 is 0 Å². The summed E-state index contributed by atoms with van der Waals surface area (Å²) in [6, 6.07) is 8.10.